The van der Waals surface area contributed by atoms with Crippen LogP contribution in [0.25, 0.3) is 0 Å². The second-order valence-corrected chi connectivity index (χ2v) is 14.1. The molecule has 2 unspecified atom stereocenters. The molecule has 0 bridgehead atoms. The van der Waals surface area contributed by atoms with Gasteiger partial charge in [0.25, 0.3) is 0 Å². The highest BCUT2D eigenvalue weighted by Gasteiger charge is 2.58. The minimum absolute atomic E-state index is 0.321. The van der Waals surface area contributed by atoms with Gasteiger partial charge in [-0.05, 0) is 0 Å². The molecular weight excluding hydrogens is 712 g/mol. The molecular formula is C21H35F10NO12S2. The van der Waals surface area contributed by atoms with Crippen molar-refractivity contribution in [3.63, 3.8) is 0 Å². The van der Waals surface area contributed by atoms with E-state index in [-0.39, 0.29) is 13.2 Å². The molecule has 0 aromatic heterocycles. The lowest BCUT2D eigenvalue weighted by Crippen LogP contribution is -2.44. The Labute approximate surface area is 257 Å². The Hall–Kier alpha value is -1.16. The van der Waals surface area contributed by atoms with Crippen molar-refractivity contribution in [2.75, 3.05) is 66.1 Å². The number of alkyl halides is 10. The molecule has 0 aliphatic heterocycles. The molecule has 0 aromatic rings. The molecule has 0 aliphatic carbocycles. The minimum Gasteiger partial charge on any atom is -0.380 e. The molecule has 2 atom stereocenters. The van der Waals surface area contributed by atoms with Gasteiger partial charge in [0, 0.05) is 16.2 Å². The summed E-state index contributed by atoms with van der Waals surface area (Å²) >= 11 is 0. The highest BCUT2D eigenvalue weighted by atomic mass is 32.3. The largest absolute Gasteiger partial charge is 0.455 e. The van der Waals surface area contributed by atoms with Gasteiger partial charge in [-0.1, -0.05) is 32.6 Å². The van der Waals surface area contributed by atoms with Crippen LogP contribution in [0.3, 0.4) is 0 Å². The Morgan fingerprint density at radius 1 is 0.522 bits per heavy atom. The fraction of sp³-hybridized carbons (Fsp3) is 1.00. The lowest BCUT2D eigenvalue weighted by atomic mass is 9.92. The Morgan fingerprint density at radius 2 is 0.826 bits per heavy atom. The van der Waals surface area contributed by atoms with Gasteiger partial charge in [0.2, 0.25) is 0 Å². The molecule has 46 heavy (non-hydrogen) atoms. The van der Waals surface area contributed by atoms with Gasteiger partial charge >= 0.3 is 44.9 Å². The molecule has 0 amide bonds. The summed E-state index contributed by atoms with van der Waals surface area (Å²) in [7, 11) is -9.85. The number of hydrogen-bond donors (Lipinski definition) is 3. The fourth-order valence-electron chi connectivity index (χ4n) is 2.92. The summed E-state index contributed by atoms with van der Waals surface area (Å²) in [5.41, 5.74) is -4.49. The van der Waals surface area contributed by atoms with Crippen LogP contribution in [-0.4, -0.2) is 117 Å². The maximum Gasteiger partial charge on any atom is 0.455 e. The Bertz CT molecular complexity index is 1150. The van der Waals surface area contributed by atoms with Crippen molar-refractivity contribution in [3.05, 3.63) is 0 Å². The molecule has 25 heteroatoms. The van der Waals surface area contributed by atoms with E-state index in [2.05, 4.69) is 17.8 Å². The first kappa shape index (κ1) is 44.8. The normalized spacial score (nSPS) is 17.1. The summed E-state index contributed by atoms with van der Waals surface area (Å²) in [6, 6.07) is 0. The molecule has 0 saturated heterocycles. The van der Waals surface area contributed by atoms with E-state index >= 15 is 0 Å². The van der Waals surface area contributed by atoms with E-state index in [0.29, 0.717) is 0 Å². The van der Waals surface area contributed by atoms with Crippen LogP contribution in [0.2, 0.25) is 0 Å². The molecule has 13 nitrogen and oxygen atoms in total. The number of rotatable bonds is 23. The van der Waals surface area contributed by atoms with Gasteiger partial charge in [0.1, 0.15) is 13.2 Å². The zero-order valence-corrected chi connectivity index (χ0v) is 26.3. The van der Waals surface area contributed by atoms with Crippen LogP contribution in [-0.2, 0) is 48.0 Å². The first-order chi connectivity index (χ1) is 20.3. The minimum atomic E-state index is -5.95. The summed E-state index contributed by atoms with van der Waals surface area (Å²) < 4.78 is 209. The lowest BCUT2D eigenvalue weighted by molar-refractivity contribution is -0.298. The van der Waals surface area contributed by atoms with Crippen molar-refractivity contribution < 1.29 is 97.8 Å². The Kier molecular flexibility index (Phi) is 16.1. The van der Waals surface area contributed by atoms with E-state index in [4.69, 9.17) is 19.2 Å². The lowest BCUT2D eigenvalue weighted by Gasteiger charge is -2.33. The van der Waals surface area contributed by atoms with Crippen molar-refractivity contribution in [2.24, 2.45) is 16.2 Å². The number of ether oxygens (including phenoxy) is 4. The van der Waals surface area contributed by atoms with Crippen molar-refractivity contribution >= 4 is 20.7 Å². The summed E-state index contributed by atoms with van der Waals surface area (Å²) in [4.78, 5) is 0.804. The highest BCUT2D eigenvalue weighted by Crippen LogP contribution is 2.37. The third-order valence-corrected chi connectivity index (χ3v) is 6.48. The van der Waals surface area contributed by atoms with Crippen LogP contribution in [0.5, 0.6) is 0 Å². The molecule has 0 rings (SSSR count). The van der Waals surface area contributed by atoms with Crippen molar-refractivity contribution in [1.82, 2.24) is 4.89 Å². The van der Waals surface area contributed by atoms with Gasteiger partial charge in [-0.2, -0.15) is 60.7 Å². The second-order valence-electron chi connectivity index (χ2n) is 11.7. The van der Waals surface area contributed by atoms with E-state index in [0.717, 1.165) is 18.7 Å². The molecule has 0 radical (unpaired) electrons. The van der Waals surface area contributed by atoms with E-state index < -0.39 is 114 Å². The number of hydrogen-bond acceptors (Lipinski definition) is 11. The average molecular weight is 748 g/mol. The third kappa shape index (κ3) is 17.3. The highest BCUT2D eigenvalue weighted by molar-refractivity contribution is 7.84. The van der Waals surface area contributed by atoms with Gasteiger partial charge in [0.05, 0.1) is 52.9 Å². The first-order valence-electron chi connectivity index (χ1n) is 12.4. The van der Waals surface area contributed by atoms with Crippen molar-refractivity contribution in [1.29, 1.82) is 0 Å². The number of nitrogens with one attached hydrogen (secondary N) is 1. The Balaban J connectivity index is 5.37. The fourth-order valence-corrected chi connectivity index (χ4v) is 3.84. The predicted molar refractivity (Wildman–Crippen MR) is 133 cm³/mol. The summed E-state index contributed by atoms with van der Waals surface area (Å²) in [6.07, 6.45) is -11.9. The second kappa shape index (κ2) is 16.5. The molecule has 0 fully saturated rings. The number of halogens is 10. The zero-order chi connectivity index (χ0) is 36.5. The van der Waals surface area contributed by atoms with Crippen LogP contribution in [0.15, 0.2) is 0 Å². The quantitative estimate of drug-likeness (QED) is 0.0789. The van der Waals surface area contributed by atoms with Crippen molar-refractivity contribution in [2.45, 2.75) is 51.9 Å². The molecule has 0 heterocycles. The molecule has 3 N–H and O–H groups in total. The van der Waals surface area contributed by atoms with Gasteiger partial charge in [-0.3, -0.25) is 8.74 Å². The SMILES string of the molecule is CC(C)(COCC(C)(COCC(F)(F)C(F)(F)F)COS(=O)(=O)O)COCC(C)(COCC(F)(F)C(F)(F)F)COS(=O)(=O)NO. The monoisotopic (exact) mass is 747 g/mol. The molecule has 0 spiro atoms. The molecule has 0 aliphatic rings. The molecule has 278 valence electrons. The van der Waals surface area contributed by atoms with Crippen LogP contribution in [0, 0.1) is 16.2 Å². The average Bonchev–Trinajstić information content (AvgIpc) is 2.84. The predicted octanol–water partition coefficient (Wildman–Crippen LogP) is 3.55. The smallest absolute Gasteiger partial charge is 0.380 e. The Morgan fingerprint density at radius 3 is 1.11 bits per heavy atom. The van der Waals surface area contributed by atoms with Crippen LogP contribution < -0.4 is 4.89 Å². The van der Waals surface area contributed by atoms with Crippen molar-refractivity contribution in [3.8, 4) is 0 Å². The van der Waals surface area contributed by atoms with E-state index in [1.54, 1.807) is 0 Å². The van der Waals surface area contributed by atoms with E-state index in [9.17, 15) is 60.7 Å². The maximum atomic E-state index is 13.2. The van der Waals surface area contributed by atoms with Gasteiger partial charge in [0.15, 0.2) is 0 Å². The van der Waals surface area contributed by atoms with Gasteiger partial charge in [-0.25, -0.2) is 4.18 Å². The standard InChI is InChI=1S/C21H35F10NO12S2/c1-15(2,6-40-8-17(4,12-44-46(36,37)38)10-42-14-19(24,25)21(29,30)31)5-39-7-16(3,11-43-45(34,35)32-33)9-41-13-18(22,23)20(26,27)28/h32-33H,5-14H2,1-4H3,(H,36,37,38). The zero-order valence-electron chi connectivity index (χ0n) is 24.6. The summed E-state index contributed by atoms with van der Waals surface area (Å²) in [6.45, 7) is -4.79. The summed E-state index contributed by atoms with van der Waals surface area (Å²) in [5.74, 6) is -10.5. The van der Waals surface area contributed by atoms with E-state index in [1.165, 1.54) is 13.8 Å². The molecule has 0 saturated carbocycles. The van der Waals surface area contributed by atoms with Gasteiger partial charge in [-0.15, -0.1) is 0 Å². The van der Waals surface area contributed by atoms with Crippen LogP contribution in [0.1, 0.15) is 27.7 Å². The topological polar surface area (TPSA) is 176 Å². The first-order valence-corrected chi connectivity index (χ1v) is 15.2. The third-order valence-electron chi connectivity index (χ3n) is 5.41. The maximum absolute atomic E-state index is 13.2. The molecule has 0 aromatic carbocycles. The van der Waals surface area contributed by atoms with Gasteiger partial charge < -0.3 is 24.2 Å². The van der Waals surface area contributed by atoms with Crippen LogP contribution in [0.4, 0.5) is 43.9 Å². The van der Waals surface area contributed by atoms with E-state index in [1.807, 2.05) is 0 Å². The van der Waals surface area contributed by atoms with Crippen LogP contribution >= 0.6 is 0 Å². The summed E-state index contributed by atoms with van der Waals surface area (Å²) in [5, 5.41) is 8.57.